The monoisotopic (exact) mass is 307 g/mol. The van der Waals surface area contributed by atoms with Gasteiger partial charge in [0.15, 0.2) is 11.5 Å². The van der Waals surface area contributed by atoms with Crippen LogP contribution >= 0.6 is 0 Å². The molecule has 0 amide bonds. The van der Waals surface area contributed by atoms with Gasteiger partial charge in [-0.3, -0.25) is 4.79 Å². The summed E-state index contributed by atoms with van der Waals surface area (Å²) in [6.45, 7) is 2.63. The van der Waals surface area contributed by atoms with Gasteiger partial charge in [0.1, 0.15) is 25.6 Å². The quantitative estimate of drug-likeness (QED) is 0.751. The molecule has 0 aliphatic carbocycles. The zero-order valence-corrected chi connectivity index (χ0v) is 12.1. The molecule has 3 heterocycles. The smallest absolute Gasteiger partial charge is 0.310 e. The lowest BCUT2D eigenvalue weighted by Crippen LogP contribution is -2.47. The number of hydrogen-bond donors (Lipinski definition) is 0. The van der Waals surface area contributed by atoms with E-state index in [0.717, 1.165) is 5.56 Å². The van der Waals surface area contributed by atoms with E-state index in [-0.39, 0.29) is 31.3 Å². The molecule has 0 radical (unpaired) electrons. The van der Waals surface area contributed by atoms with Crippen molar-refractivity contribution in [1.82, 2.24) is 4.90 Å². The molecule has 118 valence electrons. The lowest BCUT2D eigenvalue weighted by atomic mass is 10.0. The highest BCUT2D eigenvalue weighted by atomic mass is 16.7. The van der Waals surface area contributed by atoms with Gasteiger partial charge in [0, 0.05) is 0 Å². The van der Waals surface area contributed by atoms with Crippen molar-refractivity contribution in [3.8, 4) is 11.5 Å². The van der Waals surface area contributed by atoms with Crippen molar-refractivity contribution >= 4 is 5.97 Å². The van der Waals surface area contributed by atoms with Gasteiger partial charge in [-0.25, -0.2) is 4.90 Å². The number of hydrogen-bond acceptors (Lipinski definition) is 7. The van der Waals surface area contributed by atoms with E-state index in [1.54, 1.807) is 6.07 Å². The molecule has 2 fully saturated rings. The van der Waals surface area contributed by atoms with Crippen molar-refractivity contribution in [2.45, 2.75) is 12.0 Å². The molecule has 0 spiro atoms. The van der Waals surface area contributed by atoms with Gasteiger partial charge in [0.2, 0.25) is 6.79 Å². The molecular formula is C15H17NO6. The number of rotatable bonds is 4. The molecule has 3 aliphatic rings. The van der Waals surface area contributed by atoms with E-state index in [1.807, 2.05) is 12.1 Å². The van der Waals surface area contributed by atoms with Crippen LogP contribution < -0.4 is 9.47 Å². The Balaban J connectivity index is 1.35. The number of carbonyl (C=O) groups is 1. The molecule has 0 N–H and O–H groups in total. The summed E-state index contributed by atoms with van der Waals surface area (Å²) in [6, 6.07) is 5.46. The highest BCUT2D eigenvalue weighted by Crippen LogP contribution is 2.33. The second-order valence-electron chi connectivity index (χ2n) is 5.74. The van der Waals surface area contributed by atoms with Gasteiger partial charge in [0.25, 0.3) is 0 Å². The molecule has 4 rings (SSSR count). The zero-order chi connectivity index (χ0) is 15.0. The highest BCUT2D eigenvalue weighted by molar-refractivity contribution is 5.73. The number of fused-ring (bicyclic) bond motifs is 2. The topological polar surface area (TPSA) is 66.5 Å². The standard InChI is InChI=1S/C15H17NO6/c17-14(4-11-1-2-12-13(3-11)22-10-21-12)20-7-15-5-18-8-16(15)9-19-6-15/h1-3H,4-10H2. The van der Waals surface area contributed by atoms with Crippen LogP contribution in [0.25, 0.3) is 0 Å². The average Bonchev–Trinajstić information content (AvgIpc) is 3.19. The first kappa shape index (κ1) is 13.8. The third kappa shape index (κ3) is 2.41. The number of benzene rings is 1. The first-order valence-corrected chi connectivity index (χ1v) is 7.20. The third-order valence-electron chi connectivity index (χ3n) is 4.19. The van der Waals surface area contributed by atoms with Crippen molar-refractivity contribution < 1.29 is 28.5 Å². The molecule has 0 unspecified atom stereocenters. The van der Waals surface area contributed by atoms with E-state index in [1.165, 1.54) is 0 Å². The van der Waals surface area contributed by atoms with Crippen molar-refractivity contribution in [3.05, 3.63) is 23.8 Å². The maximum atomic E-state index is 12.1. The Morgan fingerprint density at radius 3 is 2.77 bits per heavy atom. The molecule has 0 atom stereocenters. The van der Waals surface area contributed by atoms with E-state index in [9.17, 15) is 4.79 Å². The summed E-state index contributed by atoms with van der Waals surface area (Å²) in [6.07, 6.45) is 0.203. The Kier molecular flexibility index (Phi) is 3.40. The lowest BCUT2D eigenvalue weighted by Gasteiger charge is -2.26. The third-order valence-corrected chi connectivity index (χ3v) is 4.19. The fourth-order valence-corrected chi connectivity index (χ4v) is 2.89. The van der Waals surface area contributed by atoms with Gasteiger partial charge >= 0.3 is 5.97 Å². The van der Waals surface area contributed by atoms with E-state index in [2.05, 4.69) is 4.90 Å². The van der Waals surface area contributed by atoms with Gasteiger partial charge in [-0.05, 0) is 17.7 Å². The molecule has 3 aliphatic heterocycles. The van der Waals surface area contributed by atoms with E-state index >= 15 is 0 Å². The van der Waals surface area contributed by atoms with Crippen LogP contribution in [0.5, 0.6) is 11.5 Å². The minimum Gasteiger partial charge on any atom is -0.463 e. The molecule has 1 aromatic rings. The predicted octanol–water partition coefficient (Wildman–Crippen LogP) is 0.517. The van der Waals surface area contributed by atoms with Gasteiger partial charge in [-0.1, -0.05) is 6.07 Å². The Morgan fingerprint density at radius 1 is 1.18 bits per heavy atom. The summed E-state index contributed by atoms with van der Waals surface area (Å²) in [5.41, 5.74) is 0.527. The summed E-state index contributed by atoms with van der Waals surface area (Å²) >= 11 is 0. The first-order chi connectivity index (χ1) is 10.8. The number of ether oxygens (including phenoxy) is 5. The minimum absolute atomic E-state index is 0.203. The zero-order valence-electron chi connectivity index (χ0n) is 12.1. The van der Waals surface area contributed by atoms with Gasteiger partial charge < -0.3 is 23.7 Å². The normalized spacial score (nSPS) is 21.8. The number of nitrogens with zero attached hydrogens (tertiary/aromatic N) is 1. The first-order valence-electron chi connectivity index (χ1n) is 7.20. The van der Waals surface area contributed by atoms with Gasteiger partial charge in [0.05, 0.1) is 19.6 Å². The summed E-state index contributed by atoms with van der Waals surface area (Å²) < 4.78 is 26.9. The van der Waals surface area contributed by atoms with Crippen molar-refractivity contribution in [3.63, 3.8) is 0 Å². The molecule has 7 nitrogen and oxygen atoms in total. The molecule has 7 heteroatoms. The second-order valence-corrected chi connectivity index (χ2v) is 5.74. The van der Waals surface area contributed by atoms with Crippen molar-refractivity contribution in [2.24, 2.45) is 0 Å². The maximum Gasteiger partial charge on any atom is 0.310 e. The molecule has 0 aromatic heterocycles. The van der Waals surface area contributed by atoms with Crippen LogP contribution in [0.4, 0.5) is 0 Å². The van der Waals surface area contributed by atoms with Crippen molar-refractivity contribution in [1.29, 1.82) is 0 Å². The van der Waals surface area contributed by atoms with Crippen LogP contribution in [0.1, 0.15) is 5.56 Å². The molecular weight excluding hydrogens is 290 g/mol. The Bertz CT molecular complexity index is 579. The van der Waals surface area contributed by atoms with Crippen LogP contribution in [0.3, 0.4) is 0 Å². The summed E-state index contributed by atoms with van der Waals surface area (Å²) in [5, 5.41) is 0. The Hall–Kier alpha value is -1.83. The Morgan fingerprint density at radius 2 is 1.95 bits per heavy atom. The SMILES string of the molecule is O=C(Cc1ccc2c(c1)OCO2)OCC12COCN1COC2. The van der Waals surface area contributed by atoms with Gasteiger partial charge in [-0.2, -0.15) is 0 Å². The fraction of sp³-hybridized carbons (Fsp3) is 0.533. The van der Waals surface area contributed by atoms with Gasteiger partial charge in [-0.15, -0.1) is 0 Å². The van der Waals surface area contributed by atoms with Crippen LogP contribution in [-0.2, 0) is 25.4 Å². The molecule has 2 saturated heterocycles. The number of carbonyl (C=O) groups excluding carboxylic acids is 1. The molecule has 0 saturated carbocycles. The van der Waals surface area contributed by atoms with E-state index in [0.29, 0.717) is 38.2 Å². The van der Waals surface area contributed by atoms with Crippen LogP contribution in [-0.4, -0.2) is 56.5 Å². The predicted molar refractivity (Wildman–Crippen MR) is 73.4 cm³/mol. The maximum absolute atomic E-state index is 12.1. The average molecular weight is 307 g/mol. The Labute approximate surface area is 127 Å². The minimum atomic E-state index is -0.315. The highest BCUT2D eigenvalue weighted by Gasteiger charge is 2.47. The van der Waals surface area contributed by atoms with E-state index in [4.69, 9.17) is 23.7 Å². The van der Waals surface area contributed by atoms with Crippen LogP contribution in [0.15, 0.2) is 18.2 Å². The summed E-state index contributed by atoms with van der Waals surface area (Å²) in [5.74, 6) is 1.10. The van der Waals surface area contributed by atoms with Crippen LogP contribution in [0, 0.1) is 0 Å². The second kappa shape index (κ2) is 5.42. The largest absolute Gasteiger partial charge is 0.463 e. The fourth-order valence-electron chi connectivity index (χ4n) is 2.89. The van der Waals surface area contributed by atoms with Crippen LogP contribution in [0.2, 0.25) is 0 Å². The number of esters is 1. The molecule has 1 aromatic carbocycles. The summed E-state index contributed by atoms with van der Waals surface area (Å²) in [7, 11) is 0. The van der Waals surface area contributed by atoms with E-state index < -0.39 is 0 Å². The summed E-state index contributed by atoms with van der Waals surface area (Å²) in [4.78, 5) is 14.1. The molecule has 0 bridgehead atoms. The molecule has 22 heavy (non-hydrogen) atoms. The van der Waals surface area contributed by atoms with Crippen molar-refractivity contribution in [2.75, 3.05) is 40.1 Å². The lowest BCUT2D eigenvalue weighted by molar-refractivity contribution is -0.145.